The highest BCUT2D eigenvalue weighted by atomic mass is 19.4. The van der Waals surface area contributed by atoms with E-state index in [0.29, 0.717) is 32.1 Å². The van der Waals surface area contributed by atoms with Crippen molar-refractivity contribution in [3.63, 3.8) is 0 Å². The molecule has 1 atom stereocenters. The van der Waals surface area contributed by atoms with Crippen LogP contribution in [0.15, 0.2) is 0 Å². The van der Waals surface area contributed by atoms with Crippen LogP contribution in [-0.4, -0.2) is 204 Å². The van der Waals surface area contributed by atoms with Gasteiger partial charge in [0.2, 0.25) is 0 Å². The normalized spacial score (nSPS) is 15.9. The molecule has 6 nitrogen and oxygen atoms in total. The van der Waals surface area contributed by atoms with Crippen molar-refractivity contribution in [1.82, 2.24) is 4.90 Å². The van der Waals surface area contributed by atoms with Gasteiger partial charge in [-0.1, -0.05) is 65.2 Å². The smallest absolute Gasteiger partial charge is 0.378 e. The number of halogens is 38. The molecule has 0 bridgehead atoms. The summed E-state index contributed by atoms with van der Waals surface area (Å²) in [6.07, 6.45) is -8.03. The predicted octanol–water partition coefficient (Wildman–Crippen LogP) is 18.6. The van der Waals surface area contributed by atoms with Crippen LogP contribution in [0.4, 0.5) is 167 Å². The summed E-state index contributed by atoms with van der Waals surface area (Å²) in [5.41, 5.74) is 0. The van der Waals surface area contributed by atoms with Gasteiger partial charge in [-0.3, -0.25) is 0 Å². The molecule has 0 aromatic rings. The number of unbranched alkanes of at least 4 members (excludes halogenated alkanes) is 8. The Morgan fingerprint density at radius 2 is 0.467 bits per heavy atom. The van der Waals surface area contributed by atoms with Gasteiger partial charge in [0.15, 0.2) is 0 Å². The van der Waals surface area contributed by atoms with Crippen molar-refractivity contribution < 1.29 is 191 Å². The Hall–Kier alpha value is -2.90. The maximum Gasteiger partial charge on any atom is 0.385 e. The van der Waals surface area contributed by atoms with E-state index in [1.54, 1.807) is 13.8 Å². The molecule has 0 saturated carbocycles. The third-order valence-corrected chi connectivity index (χ3v) is 13.3. The number of nitrogens with zero attached hydrogens (tertiary/aromatic N) is 1. The molecular formula is C48H61F38NO5. The Morgan fingerprint density at radius 1 is 0.250 bits per heavy atom. The molecule has 0 aromatic carbocycles. The Balaban J connectivity index is 6.53. The molecule has 44 heteroatoms. The summed E-state index contributed by atoms with van der Waals surface area (Å²) >= 11 is 0. The van der Waals surface area contributed by atoms with Gasteiger partial charge in [-0.2, -0.15) is 167 Å². The molecule has 0 radical (unpaired) electrons. The van der Waals surface area contributed by atoms with Crippen LogP contribution in [0.3, 0.4) is 0 Å². The highest BCUT2D eigenvalue weighted by Crippen LogP contribution is 2.67. The zero-order chi connectivity index (χ0) is 73.2. The van der Waals surface area contributed by atoms with Crippen molar-refractivity contribution in [3.8, 4) is 0 Å². The van der Waals surface area contributed by atoms with Crippen LogP contribution in [0.2, 0.25) is 0 Å². The van der Waals surface area contributed by atoms with Crippen molar-refractivity contribution in [3.05, 3.63) is 0 Å². The van der Waals surface area contributed by atoms with E-state index in [4.69, 9.17) is 4.74 Å². The van der Waals surface area contributed by atoms with Crippen molar-refractivity contribution in [2.75, 3.05) is 80.1 Å². The van der Waals surface area contributed by atoms with Crippen molar-refractivity contribution in [2.45, 2.75) is 222 Å². The average Bonchev–Trinajstić information content (AvgIpc) is 0.697. The maximum absolute atomic E-state index is 14.6. The lowest BCUT2D eigenvalue weighted by atomic mass is 9.85. The Morgan fingerprint density at radius 3 is 0.739 bits per heavy atom. The molecule has 0 aliphatic carbocycles. The molecule has 92 heavy (non-hydrogen) atoms. The molecule has 0 saturated heterocycles. The first-order valence-electron chi connectivity index (χ1n) is 26.6. The van der Waals surface area contributed by atoms with E-state index in [2.05, 4.69) is 18.9 Å². The topological polar surface area (TPSA) is 49.4 Å². The van der Waals surface area contributed by atoms with Crippen molar-refractivity contribution in [1.29, 1.82) is 0 Å². The maximum atomic E-state index is 14.6. The van der Waals surface area contributed by atoms with Gasteiger partial charge in [-0.25, -0.2) is 0 Å². The molecule has 1 unspecified atom stereocenters. The Bertz CT molecular complexity index is 2190. The molecule has 0 fully saturated rings. The highest BCUT2D eigenvalue weighted by molar-refractivity contribution is 5.19. The van der Waals surface area contributed by atoms with Crippen LogP contribution in [0, 0.1) is 0 Å². The molecule has 554 valence electrons. The molecule has 0 N–H and O–H groups in total. The fourth-order valence-corrected chi connectivity index (χ4v) is 7.41. The van der Waals surface area contributed by atoms with Crippen LogP contribution in [0.1, 0.15) is 104 Å². The Labute approximate surface area is 498 Å². The third kappa shape index (κ3) is 17.9. The lowest BCUT2D eigenvalue weighted by Gasteiger charge is -2.45. The highest BCUT2D eigenvalue weighted by Gasteiger charge is 2.98. The fraction of sp³-hybridized carbons (Fsp3) is 1.00. The van der Waals surface area contributed by atoms with Gasteiger partial charge in [0.25, 0.3) is 0 Å². The third-order valence-electron chi connectivity index (χ3n) is 13.3. The lowest BCUT2D eigenvalue weighted by molar-refractivity contribution is -0.470. The second-order valence-electron chi connectivity index (χ2n) is 21.1. The summed E-state index contributed by atoms with van der Waals surface area (Å²) < 4.78 is 569. The van der Waals surface area contributed by atoms with E-state index in [9.17, 15) is 167 Å². The monoisotopic (exact) mass is 1450 g/mol. The molecule has 0 aliphatic rings. The SMILES string of the molecule is CCCCCCCOCC(F)(F)C(F)(F)C(F)(F)C(F)(F)CC(F)(F)C(F)(F)C(F)(F)C(F)(F)C(F)(F)COCCC(CCOCC(F)(F)C(F)(F)C(F)(F)C(F)(F)C(F)(F)C(F)(F)C(F)(F)C(F)(F)C(F)(F)C(F)(F)COCCCCCCC)OCCCN(C)C. The number of alkyl halides is 38. The summed E-state index contributed by atoms with van der Waals surface area (Å²) in [7, 11) is 2.67. The van der Waals surface area contributed by atoms with Crippen LogP contribution < -0.4 is 0 Å². The fourth-order valence-electron chi connectivity index (χ4n) is 7.41. The van der Waals surface area contributed by atoms with E-state index in [0.717, 1.165) is 0 Å². The first kappa shape index (κ1) is 89.1. The van der Waals surface area contributed by atoms with Crippen molar-refractivity contribution >= 4 is 0 Å². The van der Waals surface area contributed by atoms with Gasteiger partial charge in [-0.05, 0) is 52.7 Å². The quantitative estimate of drug-likeness (QED) is 0.0447. The minimum absolute atomic E-state index is 0.0295. The largest absolute Gasteiger partial charge is 0.385 e. The number of hydrogen-bond acceptors (Lipinski definition) is 6. The molecule has 0 aromatic heterocycles. The summed E-state index contributed by atoms with van der Waals surface area (Å²) in [5, 5.41) is 0. The lowest BCUT2D eigenvalue weighted by Crippen LogP contribution is -2.77. The van der Waals surface area contributed by atoms with Gasteiger partial charge in [0, 0.05) is 33.0 Å². The minimum atomic E-state index is -9.40. The van der Waals surface area contributed by atoms with E-state index in [-0.39, 0.29) is 45.1 Å². The summed E-state index contributed by atoms with van der Waals surface area (Å²) in [6, 6.07) is 0. The standard InChI is InChI=1S/C48H61F38NO5/c1-5-7-9-11-13-19-88-25-32(53,54)38(65,66)36(61,62)30(49,50)24-31(51,52)37(63,64)42(73,74)39(67,68)34(57,58)27-90-22-16-29(92-21-15-18-87(3)4)17-23-91-28-35(59,60)41(71,72)44(77,78)46(81,82)48(85,86)47(83,84)45(79,80)43(75,76)40(69,70)33(55,56)26-89-20-14-12-10-8-6-2/h29H,5-28H2,1-4H3. The second kappa shape index (κ2) is 31.3. The van der Waals surface area contributed by atoms with Gasteiger partial charge < -0.3 is 28.6 Å². The number of ether oxygens (including phenoxy) is 5. The number of hydrogen-bond donors (Lipinski definition) is 0. The Kier molecular flexibility index (Phi) is 30.3. The molecule has 0 rings (SSSR count). The zero-order valence-corrected chi connectivity index (χ0v) is 47.9. The van der Waals surface area contributed by atoms with Crippen molar-refractivity contribution in [2.24, 2.45) is 0 Å². The van der Waals surface area contributed by atoms with Gasteiger partial charge in [0.05, 0.1) is 12.5 Å². The van der Waals surface area contributed by atoms with Crippen LogP contribution in [0.5, 0.6) is 0 Å². The zero-order valence-electron chi connectivity index (χ0n) is 47.9. The summed E-state index contributed by atoms with van der Waals surface area (Å²) in [4.78, 5) is 1.33. The predicted molar refractivity (Wildman–Crippen MR) is 242 cm³/mol. The molecular weight excluding hydrogens is 1390 g/mol. The van der Waals surface area contributed by atoms with Crippen LogP contribution in [0.25, 0.3) is 0 Å². The van der Waals surface area contributed by atoms with Crippen LogP contribution in [-0.2, 0) is 23.7 Å². The first-order valence-corrected chi connectivity index (χ1v) is 26.6. The first-order chi connectivity index (χ1) is 40.8. The van der Waals surface area contributed by atoms with Crippen LogP contribution >= 0.6 is 0 Å². The van der Waals surface area contributed by atoms with E-state index in [1.165, 1.54) is 19.0 Å². The second-order valence-corrected chi connectivity index (χ2v) is 21.1. The van der Waals surface area contributed by atoms with E-state index in [1.807, 2.05) is 0 Å². The molecule has 0 heterocycles. The molecule has 0 spiro atoms. The van der Waals surface area contributed by atoms with Gasteiger partial charge in [0.1, 0.15) is 26.4 Å². The average molecular weight is 1450 g/mol. The number of rotatable bonds is 49. The summed E-state index contributed by atoms with van der Waals surface area (Å²) in [5.74, 6) is -156. The van der Waals surface area contributed by atoms with Gasteiger partial charge in [-0.15, -0.1) is 0 Å². The van der Waals surface area contributed by atoms with Gasteiger partial charge >= 0.3 is 113 Å². The summed E-state index contributed by atoms with van der Waals surface area (Å²) in [6.45, 7) is -16.4. The molecule has 0 aliphatic heterocycles. The molecule has 0 amide bonds. The van der Waals surface area contributed by atoms with E-state index < -0.39 is 197 Å². The minimum Gasteiger partial charge on any atom is -0.378 e. The van der Waals surface area contributed by atoms with E-state index >= 15 is 0 Å².